The molecule has 0 fully saturated rings. The number of unbranched alkanes of at least 4 members (excludes halogenated alkanes) is 1. The lowest BCUT2D eigenvalue weighted by molar-refractivity contribution is -0.136. The number of carbonyl (C=O) groups is 2. The van der Waals surface area contributed by atoms with Gasteiger partial charge in [0.2, 0.25) is 0 Å². The summed E-state index contributed by atoms with van der Waals surface area (Å²) in [6.07, 6.45) is 1.78. The van der Waals surface area contributed by atoms with E-state index in [2.05, 4.69) is 15.9 Å². The maximum atomic E-state index is 11.9. The van der Waals surface area contributed by atoms with E-state index >= 15 is 0 Å². The van der Waals surface area contributed by atoms with E-state index in [0.29, 0.717) is 33.2 Å². The van der Waals surface area contributed by atoms with E-state index in [0.717, 1.165) is 12.8 Å². The van der Waals surface area contributed by atoms with Gasteiger partial charge >= 0.3 is 11.9 Å². The van der Waals surface area contributed by atoms with Crippen molar-refractivity contribution in [3.05, 3.63) is 57.5 Å². The average molecular weight is 442 g/mol. The van der Waals surface area contributed by atoms with E-state index in [1.807, 2.05) is 6.92 Å². The molecule has 5 nitrogen and oxygen atoms in total. The third-order valence-corrected chi connectivity index (χ3v) is 4.15. The second kappa shape index (κ2) is 10.2. The molecule has 0 saturated heterocycles. The molecule has 0 aliphatic rings. The Kier molecular flexibility index (Phi) is 7.94. The molecule has 0 amide bonds. The SMILES string of the molecule is CCCCOC(=O)c1ccc(OC(=O)COc2ccc(Cl)cc2Br)cc1. The molecule has 0 aromatic heterocycles. The van der Waals surface area contributed by atoms with Gasteiger partial charge in [-0.2, -0.15) is 0 Å². The summed E-state index contributed by atoms with van der Waals surface area (Å²) in [7, 11) is 0. The zero-order valence-electron chi connectivity index (χ0n) is 14.2. The van der Waals surface area contributed by atoms with Crippen molar-refractivity contribution in [2.45, 2.75) is 19.8 Å². The minimum Gasteiger partial charge on any atom is -0.481 e. The van der Waals surface area contributed by atoms with E-state index in [-0.39, 0.29) is 6.61 Å². The van der Waals surface area contributed by atoms with Crippen molar-refractivity contribution in [1.29, 1.82) is 0 Å². The van der Waals surface area contributed by atoms with Crippen LogP contribution in [0.5, 0.6) is 11.5 Å². The van der Waals surface area contributed by atoms with Gasteiger partial charge < -0.3 is 14.2 Å². The molecule has 0 atom stereocenters. The van der Waals surface area contributed by atoms with Crippen molar-refractivity contribution < 1.29 is 23.8 Å². The molecule has 138 valence electrons. The van der Waals surface area contributed by atoms with Crippen molar-refractivity contribution >= 4 is 39.5 Å². The second-order valence-electron chi connectivity index (χ2n) is 5.35. The highest BCUT2D eigenvalue weighted by Crippen LogP contribution is 2.28. The van der Waals surface area contributed by atoms with E-state index in [1.165, 1.54) is 12.1 Å². The van der Waals surface area contributed by atoms with E-state index in [1.54, 1.807) is 30.3 Å². The van der Waals surface area contributed by atoms with Crippen LogP contribution in [-0.4, -0.2) is 25.2 Å². The van der Waals surface area contributed by atoms with Gasteiger partial charge in [-0.25, -0.2) is 9.59 Å². The number of hydrogen-bond donors (Lipinski definition) is 0. The molecule has 2 aromatic rings. The molecule has 7 heteroatoms. The molecular weight excluding hydrogens is 424 g/mol. The number of rotatable bonds is 8. The van der Waals surface area contributed by atoms with Crippen LogP contribution < -0.4 is 9.47 Å². The fourth-order valence-corrected chi connectivity index (χ4v) is 2.74. The molecule has 2 aromatic carbocycles. The highest BCUT2D eigenvalue weighted by molar-refractivity contribution is 9.10. The largest absolute Gasteiger partial charge is 0.481 e. The third kappa shape index (κ3) is 6.35. The first-order valence-electron chi connectivity index (χ1n) is 8.05. The van der Waals surface area contributed by atoms with Gasteiger partial charge in [0, 0.05) is 5.02 Å². The predicted molar refractivity (Wildman–Crippen MR) is 102 cm³/mol. The van der Waals surface area contributed by atoms with Gasteiger partial charge in [-0.3, -0.25) is 0 Å². The summed E-state index contributed by atoms with van der Waals surface area (Å²) < 4.78 is 16.3. The molecule has 0 aliphatic heterocycles. The van der Waals surface area contributed by atoms with Gasteiger partial charge in [-0.1, -0.05) is 24.9 Å². The van der Waals surface area contributed by atoms with Crippen LogP contribution in [0.15, 0.2) is 46.9 Å². The molecule has 0 unspecified atom stereocenters. The van der Waals surface area contributed by atoms with Crippen LogP contribution in [0.4, 0.5) is 0 Å². The molecule has 0 N–H and O–H groups in total. The second-order valence-corrected chi connectivity index (χ2v) is 6.64. The van der Waals surface area contributed by atoms with E-state index < -0.39 is 11.9 Å². The summed E-state index contributed by atoms with van der Waals surface area (Å²) in [6, 6.07) is 11.1. The first kappa shape index (κ1) is 20.3. The van der Waals surface area contributed by atoms with Gasteiger partial charge in [0.1, 0.15) is 11.5 Å². The molecule has 26 heavy (non-hydrogen) atoms. The Hall–Kier alpha value is -2.05. The molecular formula is C19H18BrClO5. The summed E-state index contributed by atoms with van der Waals surface area (Å²) in [5.41, 5.74) is 0.405. The fourth-order valence-electron chi connectivity index (χ4n) is 1.94. The smallest absolute Gasteiger partial charge is 0.349 e. The molecule has 2 rings (SSSR count). The van der Waals surface area contributed by atoms with Crippen molar-refractivity contribution in [3.63, 3.8) is 0 Å². The zero-order chi connectivity index (χ0) is 18.9. The highest BCUT2D eigenvalue weighted by atomic mass is 79.9. The van der Waals surface area contributed by atoms with Gasteiger partial charge in [-0.05, 0) is 64.8 Å². The molecule has 0 aliphatic carbocycles. The Morgan fingerprint density at radius 3 is 2.50 bits per heavy atom. The summed E-state index contributed by atoms with van der Waals surface area (Å²) >= 11 is 9.15. The molecule has 0 heterocycles. The molecule has 0 bridgehead atoms. The van der Waals surface area contributed by atoms with Crippen LogP contribution in [0.1, 0.15) is 30.1 Å². The number of esters is 2. The fraction of sp³-hybridized carbons (Fsp3) is 0.263. The van der Waals surface area contributed by atoms with Crippen LogP contribution in [-0.2, 0) is 9.53 Å². The first-order valence-corrected chi connectivity index (χ1v) is 9.22. The number of benzene rings is 2. The number of ether oxygens (including phenoxy) is 3. The summed E-state index contributed by atoms with van der Waals surface area (Å²) in [5, 5.41) is 0.556. The van der Waals surface area contributed by atoms with Crippen LogP contribution in [0.2, 0.25) is 5.02 Å². The maximum Gasteiger partial charge on any atom is 0.349 e. The van der Waals surface area contributed by atoms with Crippen LogP contribution in [0.3, 0.4) is 0 Å². The van der Waals surface area contributed by atoms with Crippen LogP contribution in [0, 0.1) is 0 Å². The quantitative estimate of drug-likeness (QED) is 0.326. The van der Waals surface area contributed by atoms with Crippen molar-refractivity contribution in [2.24, 2.45) is 0 Å². The zero-order valence-corrected chi connectivity index (χ0v) is 16.5. The van der Waals surface area contributed by atoms with Crippen molar-refractivity contribution in [3.8, 4) is 11.5 Å². The third-order valence-electron chi connectivity index (χ3n) is 3.29. The summed E-state index contributed by atoms with van der Waals surface area (Å²) in [4.78, 5) is 23.7. The van der Waals surface area contributed by atoms with E-state index in [4.69, 9.17) is 25.8 Å². The number of halogens is 2. The maximum absolute atomic E-state index is 11.9. The first-order chi connectivity index (χ1) is 12.5. The normalized spacial score (nSPS) is 10.3. The topological polar surface area (TPSA) is 61.8 Å². The summed E-state index contributed by atoms with van der Waals surface area (Å²) in [5.74, 6) is -0.159. The standard InChI is InChI=1S/C19H18BrClO5/c1-2-3-10-24-19(23)13-4-7-15(8-5-13)26-18(22)12-25-17-9-6-14(21)11-16(17)20/h4-9,11H,2-3,10,12H2,1H3. The molecule has 0 radical (unpaired) electrons. The lowest BCUT2D eigenvalue weighted by atomic mass is 10.2. The van der Waals surface area contributed by atoms with Gasteiger partial charge in [-0.15, -0.1) is 0 Å². The Morgan fingerprint density at radius 1 is 1.12 bits per heavy atom. The lowest BCUT2D eigenvalue weighted by Crippen LogP contribution is -2.18. The Balaban J connectivity index is 1.84. The Labute approximate surface area is 165 Å². The minimum absolute atomic E-state index is 0.263. The van der Waals surface area contributed by atoms with E-state index in [9.17, 15) is 9.59 Å². The van der Waals surface area contributed by atoms with Gasteiger partial charge in [0.05, 0.1) is 16.6 Å². The molecule has 0 saturated carbocycles. The monoisotopic (exact) mass is 440 g/mol. The van der Waals surface area contributed by atoms with Gasteiger partial charge in [0.25, 0.3) is 0 Å². The van der Waals surface area contributed by atoms with Gasteiger partial charge in [0.15, 0.2) is 6.61 Å². The number of hydrogen-bond acceptors (Lipinski definition) is 5. The van der Waals surface area contributed by atoms with Crippen molar-refractivity contribution in [2.75, 3.05) is 13.2 Å². The average Bonchev–Trinajstić information content (AvgIpc) is 2.61. The molecule has 0 spiro atoms. The van der Waals surface area contributed by atoms with Crippen LogP contribution >= 0.6 is 27.5 Å². The van der Waals surface area contributed by atoms with Crippen LogP contribution in [0.25, 0.3) is 0 Å². The summed E-state index contributed by atoms with van der Waals surface area (Å²) in [6.45, 7) is 2.15. The lowest BCUT2D eigenvalue weighted by Gasteiger charge is -2.09. The minimum atomic E-state index is -0.565. The predicted octanol–water partition coefficient (Wildman–Crippen LogP) is 5.04. The highest BCUT2D eigenvalue weighted by Gasteiger charge is 2.11. The van der Waals surface area contributed by atoms with Crippen molar-refractivity contribution in [1.82, 2.24) is 0 Å². The number of carbonyl (C=O) groups excluding carboxylic acids is 2. The Bertz CT molecular complexity index is 761. The Morgan fingerprint density at radius 2 is 1.85 bits per heavy atom.